The minimum absolute atomic E-state index is 0.0695. The van der Waals surface area contributed by atoms with Gasteiger partial charge in [-0.05, 0) is 30.2 Å². The van der Waals surface area contributed by atoms with Crippen molar-refractivity contribution in [2.75, 3.05) is 7.11 Å². The fourth-order valence-corrected chi connectivity index (χ4v) is 4.35. The lowest BCUT2D eigenvalue weighted by Gasteiger charge is -2.13. The monoisotopic (exact) mass is 319 g/mol. The zero-order valence-electron chi connectivity index (χ0n) is 10.5. The summed E-state index contributed by atoms with van der Waals surface area (Å²) in [6, 6.07) is 0.0934. The SMILES string of the molecule is COC(=O)c1sccc1S(=O)(=O)NC(C(=O)O)C1CC1. The number of methoxy groups -OCH3 is 1. The van der Waals surface area contributed by atoms with E-state index in [0.29, 0.717) is 12.8 Å². The molecule has 0 aliphatic heterocycles. The van der Waals surface area contributed by atoms with Gasteiger partial charge in [-0.25, -0.2) is 13.2 Å². The smallest absolute Gasteiger partial charge is 0.349 e. The number of carbonyl (C=O) groups is 2. The van der Waals surface area contributed by atoms with Crippen LogP contribution in [0.5, 0.6) is 0 Å². The number of carbonyl (C=O) groups excluding carboxylic acids is 1. The van der Waals surface area contributed by atoms with Gasteiger partial charge in [0.25, 0.3) is 0 Å². The maximum Gasteiger partial charge on any atom is 0.349 e. The Kier molecular flexibility index (Phi) is 4.11. The first-order valence-electron chi connectivity index (χ1n) is 5.77. The zero-order valence-corrected chi connectivity index (χ0v) is 12.2. The van der Waals surface area contributed by atoms with Crippen LogP contribution in [0.2, 0.25) is 0 Å². The standard InChI is InChI=1S/C11H13NO6S2/c1-18-11(15)9-7(4-5-19-9)20(16,17)12-8(10(13)14)6-2-3-6/h4-6,8,12H,2-3H2,1H3,(H,13,14). The first-order chi connectivity index (χ1) is 9.36. The number of rotatable bonds is 6. The minimum atomic E-state index is -4.07. The second-order valence-electron chi connectivity index (χ2n) is 4.38. The summed E-state index contributed by atoms with van der Waals surface area (Å²) in [5.41, 5.74) is 0. The Morgan fingerprint density at radius 3 is 2.65 bits per heavy atom. The molecule has 20 heavy (non-hydrogen) atoms. The Labute approximate surface area is 119 Å². The van der Waals surface area contributed by atoms with Crippen LogP contribution in [0.15, 0.2) is 16.3 Å². The van der Waals surface area contributed by atoms with E-state index in [9.17, 15) is 18.0 Å². The van der Waals surface area contributed by atoms with E-state index in [-0.39, 0.29) is 15.7 Å². The number of hydrogen-bond acceptors (Lipinski definition) is 6. The van der Waals surface area contributed by atoms with E-state index in [1.807, 2.05) is 0 Å². The predicted molar refractivity (Wildman–Crippen MR) is 70.1 cm³/mol. The number of carboxylic acid groups (broad SMARTS) is 1. The van der Waals surface area contributed by atoms with E-state index in [1.165, 1.54) is 11.4 Å². The van der Waals surface area contributed by atoms with Gasteiger partial charge in [0.05, 0.1) is 7.11 Å². The van der Waals surface area contributed by atoms with Gasteiger partial charge in [-0.1, -0.05) is 0 Å². The summed E-state index contributed by atoms with van der Waals surface area (Å²) in [5.74, 6) is -2.17. The molecule has 0 radical (unpaired) electrons. The number of sulfonamides is 1. The highest BCUT2D eigenvalue weighted by Gasteiger charge is 2.40. The normalized spacial score (nSPS) is 16.6. The van der Waals surface area contributed by atoms with Crippen molar-refractivity contribution in [1.29, 1.82) is 0 Å². The lowest BCUT2D eigenvalue weighted by molar-refractivity contribution is -0.139. The molecule has 7 nitrogen and oxygen atoms in total. The average Bonchev–Trinajstić information content (AvgIpc) is 3.09. The van der Waals surface area contributed by atoms with Gasteiger partial charge in [-0.3, -0.25) is 4.79 Å². The zero-order chi connectivity index (χ0) is 14.9. The Bertz CT molecular complexity index is 631. The fourth-order valence-electron chi connectivity index (χ4n) is 1.76. The van der Waals surface area contributed by atoms with E-state index in [0.717, 1.165) is 18.4 Å². The Hall–Kier alpha value is -1.45. The highest BCUT2D eigenvalue weighted by atomic mass is 32.2. The van der Waals surface area contributed by atoms with Crippen molar-refractivity contribution in [2.45, 2.75) is 23.8 Å². The third-order valence-electron chi connectivity index (χ3n) is 2.93. The number of thiophene rings is 1. The van der Waals surface area contributed by atoms with Crippen LogP contribution in [-0.4, -0.2) is 38.6 Å². The summed E-state index contributed by atoms with van der Waals surface area (Å²) >= 11 is 0.927. The van der Waals surface area contributed by atoms with Crippen molar-refractivity contribution in [3.05, 3.63) is 16.3 Å². The molecule has 0 spiro atoms. The Morgan fingerprint density at radius 1 is 1.50 bits per heavy atom. The van der Waals surface area contributed by atoms with Crippen LogP contribution in [0.4, 0.5) is 0 Å². The predicted octanol–water partition coefficient (Wildman–Crippen LogP) is 0.676. The molecule has 1 aromatic rings. The molecule has 1 unspecified atom stereocenters. The molecule has 0 bridgehead atoms. The summed E-state index contributed by atoms with van der Waals surface area (Å²) < 4.78 is 31.1. The third kappa shape index (κ3) is 3.00. The quantitative estimate of drug-likeness (QED) is 0.746. The lowest BCUT2D eigenvalue weighted by Crippen LogP contribution is -2.42. The van der Waals surface area contributed by atoms with Crippen molar-refractivity contribution < 1.29 is 27.9 Å². The van der Waals surface area contributed by atoms with E-state index in [2.05, 4.69) is 9.46 Å². The summed E-state index contributed by atoms with van der Waals surface area (Å²) in [6.07, 6.45) is 1.35. The highest BCUT2D eigenvalue weighted by molar-refractivity contribution is 7.89. The molecule has 2 rings (SSSR count). The van der Waals surface area contributed by atoms with Gasteiger partial charge in [-0.2, -0.15) is 4.72 Å². The number of aliphatic carboxylic acids is 1. The highest BCUT2D eigenvalue weighted by Crippen LogP contribution is 2.34. The molecule has 9 heteroatoms. The van der Waals surface area contributed by atoms with Gasteiger partial charge in [0, 0.05) is 0 Å². The van der Waals surface area contributed by atoms with E-state index >= 15 is 0 Å². The van der Waals surface area contributed by atoms with E-state index in [1.54, 1.807) is 0 Å². The van der Waals surface area contributed by atoms with Crippen LogP contribution in [0.3, 0.4) is 0 Å². The Balaban J connectivity index is 2.28. The van der Waals surface area contributed by atoms with Crippen molar-refractivity contribution >= 4 is 33.3 Å². The van der Waals surface area contributed by atoms with Gasteiger partial charge in [-0.15, -0.1) is 11.3 Å². The molecule has 1 heterocycles. The fraction of sp³-hybridized carbons (Fsp3) is 0.455. The van der Waals surface area contributed by atoms with Crippen molar-refractivity contribution in [3.8, 4) is 0 Å². The number of ether oxygens (including phenoxy) is 1. The van der Waals surface area contributed by atoms with E-state index in [4.69, 9.17) is 5.11 Å². The molecule has 1 aromatic heterocycles. The average molecular weight is 319 g/mol. The first-order valence-corrected chi connectivity index (χ1v) is 8.14. The van der Waals surface area contributed by atoms with Gasteiger partial charge in [0.2, 0.25) is 10.0 Å². The molecule has 1 fully saturated rings. The number of carboxylic acids is 1. The second kappa shape index (κ2) is 5.51. The Morgan fingerprint density at radius 2 is 2.15 bits per heavy atom. The summed E-state index contributed by atoms with van der Waals surface area (Å²) in [6.45, 7) is 0. The molecule has 1 aliphatic carbocycles. The van der Waals surface area contributed by atoms with Gasteiger partial charge in [0.15, 0.2) is 0 Å². The number of hydrogen-bond donors (Lipinski definition) is 2. The van der Waals surface area contributed by atoms with Crippen LogP contribution < -0.4 is 4.72 Å². The van der Waals surface area contributed by atoms with Gasteiger partial charge >= 0.3 is 11.9 Å². The maximum absolute atomic E-state index is 12.2. The topological polar surface area (TPSA) is 110 Å². The van der Waals surface area contributed by atoms with Crippen molar-refractivity contribution in [1.82, 2.24) is 4.72 Å². The molecule has 2 N–H and O–H groups in total. The largest absolute Gasteiger partial charge is 0.480 e. The van der Waals surface area contributed by atoms with Crippen molar-refractivity contribution in [2.24, 2.45) is 5.92 Å². The molecule has 0 saturated heterocycles. The molecule has 0 amide bonds. The molecule has 110 valence electrons. The van der Waals surface area contributed by atoms with Crippen LogP contribution in [0, 0.1) is 5.92 Å². The van der Waals surface area contributed by atoms with Gasteiger partial charge in [0.1, 0.15) is 15.8 Å². The summed E-state index contributed by atoms with van der Waals surface area (Å²) in [4.78, 5) is 22.3. The molecule has 1 aliphatic rings. The molecule has 0 aromatic carbocycles. The maximum atomic E-state index is 12.2. The van der Waals surface area contributed by atoms with Crippen LogP contribution in [0.25, 0.3) is 0 Å². The van der Waals surface area contributed by atoms with E-state index < -0.39 is 28.0 Å². The minimum Gasteiger partial charge on any atom is -0.480 e. The summed E-state index contributed by atoms with van der Waals surface area (Å²) in [5, 5.41) is 10.5. The number of nitrogens with one attached hydrogen (secondary N) is 1. The van der Waals surface area contributed by atoms with Gasteiger partial charge < -0.3 is 9.84 Å². The summed E-state index contributed by atoms with van der Waals surface area (Å²) in [7, 11) is -2.92. The molecular formula is C11H13NO6S2. The molecule has 1 saturated carbocycles. The van der Waals surface area contributed by atoms with Crippen molar-refractivity contribution in [3.63, 3.8) is 0 Å². The second-order valence-corrected chi connectivity index (χ2v) is 6.98. The van der Waals surface area contributed by atoms with Crippen LogP contribution >= 0.6 is 11.3 Å². The number of esters is 1. The first kappa shape index (κ1) is 14.9. The lowest BCUT2D eigenvalue weighted by atomic mass is 10.2. The third-order valence-corrected chi connectivity index (χ3v) is 5.44. The van der Waals surface area contributed by atoms with Crippen LogP contribution in [0.1, 0.15) is 22.5 Å². The van der Waals surface area contributed by atoms with Crippen LogP contribution in [-0.2, 0) is 19.6 Å². The molecule has 1 atom stereocenters. The molecular weight excluding hydrogens is 306 g/mol.